The lowest BCUT2D eigenvalue weighted by molar-refractivity contribution is -0.115. The van der Waals surface area contributed by atoms with Gasteiger partial charge < -0.3 is 5.11 Å². The number of rotatable bonds is 3. The van der Waals surface area contributed by atoms with E-state index in [2.05, 4.69) is 5.32 Å². The zero-order valence-electron chi connectivity index (χ0n) is 10.9. The van der Waals surface area contributed by atoms with E-state index in [9.17, 15) is 14.7 Å². The molecule has 0 aliphatic heterocycles. The van der Waals surface area contributed by atoms with Crippen LogP contribution in [0.2, 0.25) is 5.02 Å². The molecule has 0 saturated heterocycles. The summed E-state index contributed by atoms with van der Waals surface area (Å²) in [4.78, 5) is 23.5. The highest BCUT2D eigenvalue weighted by molar-refractivity contribution is 6.32. The van der Waals surface area contributed by atoms with Gasteiger partial charge in [-0.1, -0.05) is 41.9 Å². The number of imide groups is 1. The van der Waals surface area contributed by atoms with E-state index in [4.69, 9.17) is 11.6 Å². The maximum atomic E-state index is 11.8. The molecule has 2 amide bonds. The first kappa shape index (κ1) is 14.8. The van der Waals surface area contributed by atoms with Crippen molar-refractivity contribution in [2.24, 2.45) is 0 Å². The molecular formula is C16H12ClNO3. The van der Waals surface area contributed by atoms with Gasteiger partial charge in [-0.05, 0) is 29.8 Å². The van der Waals surface area contributed by atoms with Gasteiger partial charge in [0.25, 0.3) is 11.8 Å². The molecule has 0 atom stereocenters. The van der Waals surface area contributed by atoms with E-state index >= 15 is 0 Å². The number of hydrogen-bond acceptors (Lipinski definition) is 3. The molecule has 0 aromatic heterocycles. The molecule has 0 aliphatic rings. The van der Waals surface area contributed by atoms with Crippen molar-refractivity contribution < 1.29 is 14.7 Å². The quantitative estimate of drug-likeness (QED) is 0.856. The van der Waals surface area contributed by atoms with Crippen molar-refractivity contribution in [3.63, 3.8) is 0 Å². The average molecular weight is 302 g/mol. The number of halogens is 1. The fourth-order valence-corrected chi connectivity index (χ4v) is 1.86. The minimum absolute atomic E-state index is 0.0389. The number of aromatic hydroxyl groups is 1. The highest BCUT2D eigenvalue weighted by Gasteiger charge is 2.11. The summed E-state index contributed by atoms with van der Waals surface area (Å²) in [6.45, 7) is 0. The Morgan fingerprint density at radius 2 is 1.71 bits per heavy atom. The van der Waals surface area contributed by atoms with Crippen LogP contribution in [-0.2, 0) is 4.79 Å². The van der Waals surface area contributed by atoms with Crippen molar-refractivity contribution in [1.29, 1.82) is 0 Å². The van der Waals surface area contributed by atoms with Crippen molar-refractivity contribution in [3.05, 3.63) is 70.8 Å². The second-order valence-corrected chi connectivity index (χ2v) is 4.60. The molecule has 4 nitrogen and oxygen atoms in total. The van der Waals surface area contributed by atoms with E-state index in [1.54, 1.807) is 36.4 Å². The summed E-state index contributed by atoms with van der Waals surface area (Å²) < 4.78 is 0. The van der Waals surface area contributed by atoms with E-state index in [0.29, 0.717) is 10.6 Å². The second-order valence-electron chi connectivity index (χ2n) is 4.19. The summed E-state index contributed by atoms with van der Waals surface area (Å²) in [6, 6.07) is 13.0. The zero-order chi connectivity index (χ0) is 15.2. The average Bonchev–Trinajstić information content (AvgIpc) is 2.46. The molecule has 2 rings (SSSR count). The number of carbonyl (C=O) groups is 2. The van der Waals surface area contributed by atoms with Crippen LogP contribution in [-0.4, -0.2) is 16.9 Å². The Kier molecular flexibility index (Phi) is 4.74. The largest absolute Gasteiger partial charge is 0.507 e. The Morgan fingerprint density at radius 3 is 2.43 bits per heavy atom. The first-order valence-electron chi connectivity index (χ1n) is 6.14. The fourth-order valence-electron chi connectivity index (χ4n) is 1.66. The van der Waals surface area contributed by atoms with Gasteiger partial charge in [-0.3, -0.25) is 14.9 Å². The predicted molar refractivity (Wildman–Crippen MR) is 81.1 cm³/mol. The van der Waals surface area contributed by atoms with Gasteiger partial charge in [0.2, 0.25) is 0 Å². The minimum Gasteiger partial charge on any atom is -0.507 e. The van der Waals surface area contributed by atoms with Gasteiger partial charge in [-0.25, -0.2) is 0 Å². The van der Waals surface area contributed by atoms with Crippen molar-refractivity contribution >= 4 is 29.5 Å². The van der Waals surface area contributed by atoms with Gasteiger partial charge in [0.1, 0.15) is 5.75 Å². The molecule has 0 heterocycles. The van der Waals surface area contributed by atoms with E-state index in [1.165, 1.54) is 24.3 Å². The fraction of sp³-hybridized carbons (Fsp3) is 0. The monoisotopic (exact) mass is 301 g/mol. The maximum absolute atomic E-state index is 11.8. The third-order valence-corrected chi connectivity index (χ3v) is 3.05. The topological polar surface area (TPSA) is 66.4 Å². The van der Waals surface area contributed by atoms with Crippen molar-refractivity contribution in [2.45, 2.75) is 0 Å². The molecule has 0 radical (unpaired) electrons. The van der Waals surface area contributed by atoms with Gasteiger partial charge in [0.05, 0.1) is 5.56 Å². The number of carbonyl (C=O) groups excluding carboxylic acids is 2. The summed E-state index contributed by atoms with van der Waals surface area (Å²) >= 11 is 5.95. The van der Waals surface area contributed by atoms with Crippen LogP contribution in [0.5, 0.6) is 5.75 Å². The lowest BCUT2D eigenvalue weighted by Gasteiger charge is -2.03. The summed E-state index contributed by atoms with van der Waals surface area (Å²) in [5, 5.41) is 12.2. The second kappa shape index (κ2) is 6.72. The molecule has 0 saturated carbocycles. The van der Waals surface area contributed by atoms with Crippen molar-refractivity contribution in [2.75, 3.05) is 0 Å². The molecule has 0 bridgehead atoms. The smallest absolute Gasteiger partial charge is 0.261 e. The Bertz CT molecular complexity index is 710. The number of phenols is 1. The highest BCUT2D eigenvalue weighted by atomic mass is 35.5. The Labute approximate surface area is 126 Å². The van der Waals surface area contributed by atoms with Crippen molar-refractivity contribution in [3.8, 4) is 5.75 Å². The van der Waals surface area contributed by atoms with Crippen LogP contribution in [0.15, 0.2) is 54.6 Å². The molecule has 0 aliphatic carbocycles. The predicted octanol–water partition coefficient (Wildman–Crippen LogP) is 3.02. The van der Waals surface area contributed by atoms with Crippen LogP contribution in [0.1, 0.15) is 15.9 Å². The van der Waals surface area contributed by atoms with Gasteiger partial charge >= 0.3 is 0 Å². The Hall–Kier alpha value is -2.59. The molecule has 0 unspecified atom stereocenters. The lowest BCUT2D eigenvalue weighted by Crippen LogP contribution is -2.28. The van der Waals surface area contributed by atoms with Crippen molar-refractivity contribution in [1.82, 2.24) is 5.32 Å². The molecule has 21 heavy (non-hydrogen) atoms. The van der Waals surface area contributed by atoms with Crippen LogP contribution in [0.3, 0.4) is 0 Å². The number of nitrogens with one attached hydrogen (secondary N) is 1. The van der Waals surface area contributed by atoms with Crippen LogP contribution >= 0.6 is 11.6 Å². The van der Waals surface area contributed by atoms with Gasteiger partial charge in [0.15, 0.2) is 0 Å². The van der Waals surface area contributed by atoms with Crippen LogP contribution in [0.25, 0.3) is 6.08 Å². The molecule has 0 fully saturated rings. The number of amides is 2. The maximum Gasteiger partial charge on any atom is 0.261 e. The molecule has 2 aromatic carbocycles. The summed E-state index contributed by atoms with van der Waals surface area (Å²) in [5.41, 5.74) is 0.710. The molecule has 106 valence electrons. The van der Waals surface area contributed by atoms with E-state index < -0.39 is 11.8 Å². The summed E-state index contributed by atoms with van der Waals surface area (Å²) in [5.74, 6) is -1.44. The van der Waals surface area contributed by atoms with Gasteiger partial charge in [-0.2, -0.15) is 0 Å². The third kappa shape index (κ3) is 3.94. The van der Waals surface area contributed by atoms with E-state index in [0.717, 1.165) is 0 Å². The van der Waals surface area contributed by atoms with Crippen LogP contribution < -0.4 is 5.32 Å². The van der Waals surface area contributed by atoms with E-state index in [-0.39, 0.29) is 11.3 Å². The van der Waals surface area contributed by atoms with E-state index in [1.807, 2.05) is 0 Å². The normalized spacial score (nSPS) is 10.5. The van der Waals surface area contributed by atoms with Gasteiger partial charge in [0, 0.05) is 11.1 Å². The molecule has 2 aromatic rings. The first-order chi connectivity index (χ1) is 10.1. The third-order valence-electron chi connectivity index (χ3n) is 2.70. The standard InChI is InChI=1S/C16H12ClNO3/c17-13-7-3-1-5-11(13)9-10-15(20)18-16(21)12-6-2-4-8-14(12)19/h1-10,19H,(H,18,20,21). The SMILES string of the molecule is O=C(C=Cc1ccccc1Cl)NC(=O)c1ccccc1O. The Morgan fingerprint density at radius 1 is 1.05 bits per heavy atom. The molecular weight excluding hydrogens is 290 g/mol. The number of hydrogen-bond donors (Lipinski definition) is 2. The summed E-state index contributed by atoms with van der Waals surface area (Å²) in [7, 11) is 0. The highest BCUT2D eigenvalue weighted by Crippen LogP contribution is 2.16. The first-order valence-corrected chi connectivity index (χ1v) is 6.51. The van der Waals surface area contributed by atoms with Crippen LogP contribution in [0.4, 0.5) is 0 Å². The molecule has 5 heteroatoms. The zero-order valence-corrected chi connectivity index (χ0v) is 11.7. The number of benzene rings is 2. The van der Waals surface area contributed by atoms with Crippen LogP contribution in [0, 0.1) is 0 Å². The summed E-state index contributed by atoms with van der Waals surface area (Å²) in [6.07, 6.45) is 2.72. The van der Waals surface area contributed by atoms with Gasteiger partial charge in [-0.15, -0.1) is 0 Å². The Balaban J connectivity index is 2.04. The lowest BCUT2D eigenvalue weighted by atomic mass is 10.2. The number of para-hydroxylation sites is 1. The number of phenolic OH excluding ortho intramolecular Hbond substituents is 1. The molecule has 2 N–H and O–H groups in total. The molecule has 0 spiro atoms. The minimum atomic E-state index is -0.665.